The van der Waals surface area contributed by atoms with E-state index >= 15 is 0 Å². The van der Waals surface area contributed by atoms with Crippen molar-refractivity contribution in [3.63, 3.8) is 0 Å². The Morgan fingerprint density at radius 2 is 1.68 bits per heavy atom. The van der Waals surface area contributed by atoms with Crippen LogP contribution in [-0.4, -0.2) is 17.4 Å². The van der Waals surface area contributed by atoms with Gasteiger partial charge in [-0.15, -0.1) is 22.7 Å². The summed E-state index contributed by atoms with van der Waals surface area (Å²) in [7, 11) is 0. The number of carboxylic acid groups (broad SMARTS) is 1. The molecule has 0 radical (unpaired) electrons. The molecule has 5 heteroatoms. The zero-order valence-electron chi connectivity index (χ0n) is 11.7. The normalized spacial score (nSPS) is 10.6. The largest absolute Gasteiger partial charge is 0.477 e. The molecule has 0 fully saturated rings. The number of benzene rings is 1. The van der Waals surface area contributed by atoms with Crippen LogP contribution in [0.5, 0.6) is 0 Å². The van der Waals surface area contributed by atoms with E-state index in [9.17, 15) is 9.59 Å². The number of carbonyl (C=O) groups is 2. The van der Waals surface area contributed by atoms with Gasteiger partial charge >= 0.3 is 5.97 Å². The minimum atomic E-state index is -0.895. The molecular weight excluding hydrogens is 316 g/mol. The van der Waals surface area contributed by atoms with E-state index in [2.05, 4.69) is 0 Å². The Labute approximate surface area is 135 Å². The van der Waals surface area contributed by atoms with Crippen LogP contribution in [0.4, 0.5) is 0 Å². The summed E-state index contributed by atoms with van der Waals surface area (Å²) in [5.74, 6) is -0.895. The summed E-state index contributed by atoms with van der Waals surface area (Å²) in [6.07, 6.45) is 0.859. The van der Waals surface area contributed by atoms with Crippen LogP contribution >= 0.6 is 22.7 Å². The zero-order valence-corrected chi connectivity index (χ0v) is 13.3. The highest BCUT2D eigenvalue weighted by Crippen LogP contribution is 2.38. The second kappa shape index (κ2) is 5.87. The molecule has 3 aromatic rings. The van der Waals surface area contributed by atoms with Crippen LogP contribution in [0, 0.1) is 6.92 Å². The second-order valence-electron chi connectivity index (χ2n) is 4.82. The van der Waals surface area contributed by atoms with Crippen molar-refractivity contribution in [2.45, 2.75) is 6.92 Å². The number of aryl methyl sites for hydroxylation is 1. The Morgan fingerprint density at radius 3 is 2.32 bits per heavy atom. The summed E-state index contributed by atoms with van der Waals surface area (Å²) in [6.45, 7) is 1.92. The lowest BCUT2D eigenvalue weighted by molar-refractivity contribution is 0.0702. The third-order valence-corrected chi connectivity index (χ3v) is 5.75. The van der Waals surface area contributed by atoms with Gasteiger partial charge in [0.2, 0.25) is 0 Å². The van der Waals surface area contributed by atoms with Gasteiger partial charge in [0.1, 0.15) is 11.2 Å². The second-order valence-corrected chi connectivity index (χ2v) is 6.99. The van der Waals surface area contributed by atoms with Crippen LogP contribution in [0.15, 0.2) is 42.5 Å². The van der Waals surface area contributed by atoms with Crippen molar-refractivity contribution < 1.29 is 14.7 Å². The van der Waals surface area contributed by atoms with Gasteiger partial charge in [0.05, 0.1) is 0 Å². The van der Waals surface area contributed by atoms with Gasteiger partial charge in [0, 0.05) is 20.2 Å². The number of hydrogen-bond donors (Lipinski definition) is 1. The highest BCUT2D eigenvalue weighted by molar-refractivity contribution is 7.24. The number of aromatic carboxylic acids is 1. The maximum Gasteiger partial charge on any atom is 0.345 e. The Kier molecular flexibility index (Phi) is 3.92. The lowest BCUT2D eigenvalue weighted by atomic mass is 10.1. The van der Waals surface area contributed by atoms with Crippen molar-refractivity contribution in [1.29, 1.82) is 0 Å². The average molecular weight is 328 g/mol. The van der Waals surface area contributed by atoms with Crippen LogP contribution in [0.1, 0.15) is 25.6 Å². The Morgan fingerprint density at radius 1 is 1.00 bits per heavy atom. The number of rotatable bonds is 4. The molecule has 0 saturated heterocycles. The third kappa shape index (κ3) is 2.73. The van der Waals surface area contributed by atoms with Gasteiger partial charge in [-0.1, -0.05) is 12.1 Å². The molecular formula is C17H12O3S2. The minimum absolute atomic E-state index is 0.344. The molecule has 110 valence electrons. The first kappa shape index (κ1) is 14.7. The van der Waals surface area contributed by atoms with E-state index in [4.69, 9.17) is 5.11 Å². The molecule has 22 heavy (non-hydrogen) atoms. The molecule has 3 nitrogen and oxygen atoms in total. The van der Waals surface area contributed by atoms with E-state index in [1.807, 2.05) is 43.3 Å². The Bertz CT molecular complexity index is 858. The molecule has 0 bridgehead atoms. The molecule has 0 aliphatic rings. The number of carboxylic acids is 1. The van der Waals surface area contributed by atoms with E-state index in [0.29, 0.717) is 10.4 Å². The highest BCUT2D eigenvalue weighted by Gasteiger charge is 2.11. The van der Waals surface area contributed by atoms with Crippen LogP contribution in [0.25, 0.3) is 20.2 Å². The van der Waals surface area contributed by atoms with Gasteiger partial charge < -0.3 is 5.11 Å². The molecule has 1 N–H and O–H groups in total. The predicted octanol–water partition coefficient (Wildman–Crippen LogP) is 4.96. The van der Waals surface area contributed by atoms with Gasteiger partial charge in [-0.3, -0.25) is 4.79 Å². The first-order valence-electron chi connectivity index (χ1n) is 6.58. The highest BCUT2D eigenvalue weighted by atomic mass is 32.1. The van der Waals surface area contributed by atoms with Crippen LogP contribution < -0.4 is 0 Å². The maximum atomic E-state index is 11.0. The Hall–Kier alpha value is -2.24. The summed E-state index contributed by atoms with van der Waals surface area (Å²) in [6, 6.07) is 13.2. The summed E-state index contributed by atoms with van der Waals surface area (Å²) in [5, 5.41) is 8.99. The topological polar surface area (TPSA) is 54.4 Å². The van der Waals surface area contributed by atoms with E-state index in [1.54, 1.807) is 17.4 Å². The summed E-state index contributed by atoms with van der Waals surface area (Å²) in [5.41, 5.74) is 2.71. The lowest BCUT2D eigenvalue weighted by Crippen LogP contribution is -1.89. The number of aldehydes is 1. The smallest absolute Gasteiger partial charge is 0.345 e. The fourth-order valence-electron chi connectivity index (χ4n) is 2.17. The molecule has 2 heterocycles. The van der Waals surface area contributed by atoms with Crippen molar-refractivity contribution in [1.82, 2.24) is 0 Å². The standard InChI is InChI=1S/C17H12O3S2/c1-10-8-11(2-3-12(10)9-18)13-4-5-14(21-13)15-6-7-16(22-15)17(19)20/h2-9H,1H3,(H,19,20). The van der Waals surface area contributed by atoms with Crippen LogP contribution in [0.3, 0.4) is 0 Å². The first-order valence-corrected chi connectivity index (χ1v) is 8.21. The molecule has 0 unspecified atom stereocenters. The van der Waals surface area contributed by atoms with E-state index in [-0.39, 0.29) is 0 Å². The fourth-order valence-corrected chi connectivity index (χ4v) is 4.11. The SMILES string of the molecule is Cc1cc(-c2ccc(-c3ccc(C(=O)O)s3)s2)ccc1C=O. The van der Waals surface area contributed by atoms with E-state index < -0.39 is 5.97 Å². The van der Waals surface area contributed by atoms with Crippen molar-refractivity contribution in [2.75, 3.05) is 0 Å². The third-order valence-electron chi connectivity index (χ3n) is 3.35. The average Bonchev–Trinajstić information content (AvgIpc) is 3.16. The van der Waals surface area contributed by atoms with Gasteiger partial charge in [-0.25, -0.2) is 4.79 Å². The monoisotopic (exact) mass is 328 g/mol. The lowest BCUT2D eigenvalue weighted by Gasteiger charge is -2.02. The molecule has 0 aliphatic carbocycles. The molecule has 0 amide bonds. The number of thiophene rings is 2. The molecule has 0 aliphatic heterocycles. The molecule has 1 aromatic carbocycles. The van der Waals surface area contributed by atoms with Crippen LogP contribution in [-0.2, 0) is 0 Å². The fraction of sp³-hybridized carbons (Fsp3) is 0.0588. The van der Waals surface area contributed by atoms with Gasteiger partial charge in [-0.2, -0.15) is 0 Å². The summed E-state index contributed by atoms with van der Waals surface area (Å²) in [4.78, 5) is 25.3. The molecule has 3 rings (SSSR count). The Balaban J connectivity index is 1.94. The summed E-state index contributed by atoms with van der Waals surface area (Å²) >= 11 is 2.89. The summed E-state index contributed by atoms with van der Waals surface area (Å²) < 4.78 is 0. The van der Waals surface area contributed by atoms with E-state index in [0.717, 1.165) is 32.0 Å². The predicted molar refractivity (Wildman–Crippen MR) is 90.2 cm³/mol. The van der Waals surface area contributed by atoms with Gasteiger partial charge in [0.25, 0.3) is 0 Å². The molecule has 2 aromatic heterocycles. The van der Waals surface area contributed by atoms with Crippen LogP contribution in [0.2, 0.25) is 0 Å². The van der Waals surface area contributed by atoms with E-state index in [1.165, 1.54) is 11.3 Å². The minimum Gasteiger partial charge on any atom is -0.477 e. The van der Waals surface area contributed by atoms with Crippen molar-refractivity contribution >= 4 is 34.9 Å². The van der Waals surface area contributed by atoms with Gasteiger partial charge in [0.15, 0.2) is 0 Å². The quantitative estimate of drug-likeness (QED) is 0.688. The molecule has 0 atom stereocenters. The maximum absolute atomic E-state index is 11.0. The number of carbonyl (C=O) groups excluding carboxylic acids is 1. The zero-order chi connectivity index (χ0) is 15.7. The van der Waals surface area contributed by atoms with Crippen molar-refractivity contribution in [3.8, 4) is 20.2 Å². The first-order chi connectivity index (χ1) is 10.6. The van der Waals surface area contributed by atoms with Gasteiger partial charge in [-0.05, 0) is 48.4 Å². The van der Waals surface area contributed by atoms with Crippen molar-refractivity contribution in [2.24, 2.45) is 0 Å². The molecule has 0 spiro atoms. The molecule has 0 saturated carbocycles. The number of hydrogen-bond acceptors (Lipinski definition) is 4. The van der Waals surface area contributed by atoms with Crippen molar-refractivity contribution in [3.05, 3.63) is 58.5 Å².